The number of fused-ring (bicyclic) bond motifs is 1. The minimum absolute atomic E-state index is 0.000238. The maximum Gasteiger partial charge on any atom is 0.277 e. The van der Waals surface area contributed by atoms with Crippen LogP contribution in [0.3, 0.4) is 0 Å². The summed E-state index contributed by atoms with van der Waals surface area (Å²) < 4.78 is 40.6. The van der Waals surface area contributed by atoms with Crippen LogP contribution in [0.2, 0.25) is 0 Å². The van der Waals surface area contributed by atoms with Crippen molar-refractivity contribution in [2.75, 3.05) is 9.73 Å². The van der Waals surface area contributed by atoms with E-state index in [0.29, 0.717) is 23.5 Å². The van der Waals surface area contributed by atoms with Crippen LogP contribution in [-0.2, 0) is 23.0 Å². The Labute approximate surface area is 185 Å². The number of ketones is 1. The molecule has 0 radical (unpaired) electrons. The molecule has 3 aromatic rings. The Bertz CT molecular complexity index is 1260. The molecule has 0 bridgehead atoms. The Balaban J connectivity index is 1.56. The topological polar surface area (TPSA) is 98.7 Å². The molecule has 1 heterocycles. The Morgan fingerprint density at radius 3 is 2.62 bits per heavy atom. The van der Waals surface area contributed by atoms with E-state index in [2.05, 4.69) is 10.7 Å². The van der Waals surface area contributed by atoms with Gasteiger partial charge in [-0.1, -0.05) is 30.3 Å². The van der Waals surface area contributed by atoms with E-state index in [1.54, 1.807) is 36.4 Å². The van der Waals surface area contributed by atoms with Crippen LogP contribution in [0.1, 0.15) is 28.4 Å². The van der Waals surface area contributed by atoms with Gasteiger partial charge in [0.15, 0.2) is 5.78 Å². The third-order valence-corrected chi connectivity index (χ3v) is 6.83. The second kappa shape index (κ2) is 8.70. The molecule has 1 aliphatic rings. The number of carbonyl (C=O) groups is 1. The van der Waals surface area contributed by atoms with Gasteiger partial charge in [-0.25, -0.2) is 9.82 Å². The summed E-state index contributed by atoms with van der Waals surface area (Å²) in [5.74, 6) is -0.573. The van der Waals surface area contributed by atoms with Crippen molar-refractivity contribution in [3.8, 4) is 0 Å². The molecule has 4 rings (SSSR count). The number of anilines is 2. The molecule has 1 atom stereocenters. The first-order valence-electron chi connectivity index (χ1n) is 9.96. The molecule has 0 amide bonds. The number of aliphatic hydroxyl groups excluding tert-OH is 1. The fourth-order valence-electron chi connectivity index (χ4n) is 3.52. The highest BCUT2D eigenvalue weighted by Gasteiger charge is 2.31. The number of hydrogen-bond acceptors (Lipinski definition) is 6. The minimum atomic E-state index is -3.96. The summed E-state index contributed by atoms with van der Waals surface area (Å²) in [5, 5.41) is 13.3. The average Bonchev–Trinajstić information content (AvgIpc) is 3.19. The van der Waals surface area contributed by atoms with Crippen molar-refractivity contribution < 1.29 is 22.7 Å². The zero-order valence-electron chi connectivity index (χ0n) is 17.2. The average molecular weight is 456 g/mol. The third-order valence-electron chi connectivity index (χ3n) is 5.17. The van der Waals surface area contributed by atoms with E-state index < -0.39 is 16.3 Å². The lowest BCUT2D eigenvalue weighted by Crippen LogP contribution is -2.38. The molecule has 0 spiro atoms. The Morgan fingerprint density at radius 1 is 1.16 bits per heavy atom. The predicted octanol–water partition coefficient (Wildman–Crippen LogP) is 3.21. The van der Waals surface area contributed by atoms with Crippen LogP contribution in [0.5, 0.6) is 0 Å². The lowest BCUT2D eigenvalue weighted by molar-refractivity contribution is 0.101. The van der Waals surface area contributed by atoms with E-state index in [1.165, 1.54) is 37.3 Å². The summed E-state index contributed by atoms with van der Waals surface area (Å²) in [5.41, 5.74) is 5.66. The molecule has 166 valence electrons. The summed E-state index contributed by atoms with van der Waals surface area (Å²) in [7, 11) is -3.96. The first-order chi connectivity index (χ1) is 15.2. The highest BCUT2D eigenvalue weighted by atomic mass is 32.2. The van der Waals surface area contributed by atoms with Crippen LogP contribution in [0, 0.1) is 5.82 Å². The summed E-state index contributed by atoms with van der Waals surface area (Å²) >= 11 is 0. The quantitative estimate of drug-likeness (QED) is 0.374. The van der Waals surface area contributed by atoms with Crippen molar-refractivity contribution >= 4 is 27.2 Å². The van der Waals surface area contributed by atoms with Gasteiger partial charge in [-0.2, -0.15) is 12.8 Å². The number of aliphatic hydroxyl groups is 1. The van der Waals surface area contributed by atoms with Crippen molar-refractivity contribution in [2.45, 2.75) is 31.0 Å². The van der Waals surface area contributed by atoms with Gasteiger partial charge in [0.1, 0.15) is 12.0 Å². The van der Waals surface area contributed by atoms with Crippen LogP contribution >= 0.6 is 0 Å². The number of rotatable bonds is 7. The van der Waals surface area contributed by atoms with Gasteiger partial charge >= 0.3 is 0 Å². The van der Waals surface area contributed by atoms with E-state index in [1.807, 2.05) is 0 Å². The normalized spacial score (nSPS) is 14.2. The Hall–Kier alpha value is -3.27. The molecule has 7 nitrogen and oxygen atoms in total. The smallest absolute Gasteiger partial charge is 0.277 e. The molecule has 3 aromatic carbocycles. The van der Waals surface area contributed by atoms with E-state index in [0.717, 1.165) is 15.5 Å². The number of benzene rings is 3. The highest BCUT2D eigenvalue weighted by Crippen LogP contribution is 2.33. The molecule has 3 N–H and O–H groups in total. The predicted molar refractivity (Wildman–Crippen MR) is 119 cm³/mol. The van der Waals surface area contributed by atoms with Crippen LogP contribution in [-0.4, -0.2) is 25.5 Å². The number of nitrogens with zero attached hydrogens (tertiary/aromatic N) is 1. The molecular weight excluding hydrogens is 433 g/mol. The zero-order valence-corrected chi connectivity index (χ0v) is 18.1. The summed E-state index contributed by atoms with van der Waals surface area (Å²) in [6.07, 6.45) is -0.708. The first-order valence-corrected chi connectivity index (χ1v) is 11.4. The molecular formula is C23H22FN3O4S. The van der Waals surface area contributed by atoms with Crippen molar-refractivity contribution in [1.29, 1.82) is 0 Å². The molecule has 1 aliphatic heterocycles. The van der Waals surface area contributed by atoms with Crippen molar-refractivity contribution in [3.05, 3.63) is 89.2 Å². The van der Waals surface area contributed by atoms with Gasteiger partial charge in [-0.15, -0.1) is 0 Å². The zero-order chi connectivity index (χ0) is 22.9. The van der Waals surface area contributed by atoms with Crippen LogP contribution in [0.15, 0.2) is 71.6 Å². The molecule has 32 heavy (non-hydrogen) atoms. The molecule has 0 saturated heterocycles. The van der Waals surface area contributed by atoms with Gasteiger partial charge in [0.05, 0.1) is 10.6 Å². The molecule has 0 aromatic heterocycles. The van der Waals surface area contributed by atoms with Crippen molar-refractivity contribution in [2.24, 2.45) is 0 Å². The van der Waals surface area contributed by atoms with E-state index in [-0.39, 0.29) is 22.9 Å². The summed E-state index contributed by atoms with van der Waals surface area (Å²) in [4.78, 5) is 11.7. The number of carbonyl (C=O) groups excluding carboxylic acids is 1. The lowest BCUT2D eigenvalue weighted by Gasteiger charge is -2.21. The molecule has 1 unspecified atom stereocenters. The molecule has 9 heteroatoms. The number of Topliss-reactive ketones (excluding diaryl/α,β-unsaturated/α-hetero) is 1. The van der Waals surface area contributed by atoms with E-state index in [9.17, 15) is 22.7 Å². The van der Waals surface area contributed by atoms with Crippen molar-refractivity contribution in [3.63, 3.8) is 0 Å². The summed E-state index contributed by atoms with van der Waals surface area (Å²) in [6, 6.07) is 16.9. The van der Waals surface area contributed by atoms with Gasteiger partial charge in [0.2, 0.25) is 0 Å². The third kappa shape index (κ3) is 4.50. The van der Waals surface area contributed by atoms with Crippen LogP contribution < -0.4 is 15.2 Å². The highest BCUT2D eigenvalue weighted by molar-refractivity contribution is 7.92. The van der Waals surface area contributed by atoms with Gasteiger partial charge in [0, 0.05) is 24.2 Å². The number of hydrogen-bond donors (Lipinski definition) is 3. The van der Waals surface area contributed by atoms with Gasteiger partial charge in [-0.3, -0.25) is 4.79 Å². The monoisotopic (exact) mass is 455 g/mol. The van der Waals surface area contributed by atoms with Crippen molar-refractivity contribution in [1.82, 2.24) is 5.43 Å². The first kappa shape index (κ1) is 21.9. The lowest BCUT2D eigenvalue weighted by atomic mass is 10.1. The van der Waals surface area contributed by atoms with Gasteiger partial charge < -0.3 is 10.4 Å². The number of nitrogens with one attached hydrogen (secondary N) is 2. The molecule has 0 aliphatic carbocycles. The maximum atomic E-state index is 13.2. The maximum absolute atomic E-state index is 13.2. The van der Waals surface area contributed by atoms with E-state index in [4.69, 9.17) is 0 Å². The molecule has 0 saturated carbocycles. The Kier molecular flexibility index (Phi) is 5.96. The van der Waals surface area contributed by atoms with Crippen LogP contribution in [0.25, 0.3) is 0 Å². The van der Waals surface area contributed by atoms with Gasteiger partial charge in [0.25, 0.3) is 10.0 Å². The van der Waals surface area contributed by atoms with E-state index >= 15 is 0 Å². The van der Waals surface area contributed by atoms with Gasteiger partial charge in [-0.05, 0) is 54.4 Å². The van der Waals surface area contributed by atoms with Crippen LogP contribution in [0.4, 0.5) is 15.8 Å². The number of sulfonamides is 1. The second-order valence-electron chi connectivity index (χ2n) is 7.52. The minimum Gasteiger partial charge on any atom is -0.373 e. The number of halogens is 1. The summed E-state index contributed by atoms with van der Waals surface area (Å²) in [6.45, 7) is 1.70. The number of hydrazine groups is 1. The SMILES string of the molecule is CC(=O)c1cccc(S(=O)(=O)N2NCc3ccc(NC(O)Cc4ccc(F)cc4)cc32)c1. The second-order valence-corrected chi connectivity index (χ2v) is 9.31. The fraction of sp³-hybridized carbons (Fsp3) is 0.174. The molecule has 0 fully saturated rings. The fourth-order valence-corrected chi connectivity index (χ4v) is 4.92. The largest absolute Gasteiger partial charge is 0.373 e. The Morgan fingerprint density at radius 2 is 1.91 bits per heavy atom. The standard InChI is InChI=1S/C23H22FN3O4S/c1-15(28)17-3-2-4-21(12-17)32(30,31)27-22-13-20(10-7-18(22)14-25-27)26-23(29)11-16-5-8-19(24)9-6-16/h2-10,12-13,23,25-26,29H,11,14H2,1H3.